The summed E-state index contributed by atoms with van der Waals surface area (Å²) in [6, 6.07) is 10.5. The average molecular weight is 334 g/mol. The summed E-state index contributed by atoms with van der Waals surface area (Å²) in [6.45, 7) is 3.16. The van der Waals surface area contributed by atoms with Gasteiger partial charge >= 0.3 is 0 Å². The highest BCUT2D eigenvalue weighted by Crippen LogP contribution is 2.23. The van der Waals surface area contributed by atoms with Gasteiger partial charge in [0.2, 0.25) is 0 Å². The van der Waals surface area contributed by atoms with Gasteiger partial charge in [0.05, 0.1) is 0 Å². The van der Waals surface area contributed by atoms with Crippen LogP contribution in [-0.2, 0) is 6.42 Å². The van der Waals surface area contributed by atoms with E-state index in [1.165, 1.54) is 5.56 Å². The van der Waals surface area contributed by atoms with Crippen LogP contribution < -0.4 is 11.1 Å². The van der Waals surface area contributed by atoms with Gasteiger partial charge in [-0.3, -0.25) is 4.98 Å². The Bertz CT molecular complexity index is 540. The zero-order chi connectivity index (χ0) is 14.4. The molecule has 2 rings (SSSR count). The molecule has 0 fully saturated rings. The van der Waals surface area contributed by atoms with Crippen molar-refractivity contribution >= 4 is 21.6 Å². The van der Waals surface area contributed by atoms with Crippen LogP contribution >= 0.6 is 15.9 Å². The molecule has 20 heavy (non-hydrogen) atoms. The van der Waals surface area contributed by atoms with E-state index >= 15 is 0 Å². The highest BCUT2D eigenvalue weighted by Gasteiger charge is 2.13. The third-order valence-electron chi connectivity index (χ3n) is 3.28. The number of nitrogens with zero attached hydrogens (tertiary/aromatic N) is 1. The summed E-state index contributed by atoms with van der Waals surface area (Å²) in [5.41, 5.74) is 9.19. The number of nitrogen functional groups attached to an aromatic ring is 1. The molecule has 1 atom stereocenters. The molecule has 0 saturated carbocycles. The fourth-order valence-electron chi connectivity index (χ4n) is 2.15. The first-order valence-electron chi connectivity index (χ1n) is 6.88. The Morgan fingerprint density at radius 2 is 2.00 bits per heavy atom. The first kappa shape index (κ1) is 15.0. The smallest absolute Gasteiger partial charge is 0.0378 e. The van der Waals surface area contributed by atoms with Gasteiger partial charge in [0.1, 0.15) is 0 Å². The molecule has 0 radical (unpaired) electrons. The van der Waals surface area contributed by atoms with Gasteiger partial charge < -0.3 is 11.1 Å². The van der Waals surface area contributed by atoms with Gasteiger partial charge in [0.15, 0.2) is 0 Å². The number of nitrogens with two attached hydrogens (primary N) is 1. The number of hydrogen-bond acceptors (Lipinski definition) is 3. The minimum atomic E-state index is 0.259. The predicted octanol–water partition coefficient (Wildman–Crippen LogP) is 3.71. The lowest BCUT2D eigenvalue weighted by atomic mass is 9.99. The Hall–Kier alpha value is -1.39. The van der Waals surface area contributed by atoms with Gasteiger partial charge in [0.25, 0.3) is 0 Å². The van der Waals surface area contributed by atoms with Gasteiger partial charge in [-0.1, -0.05) is 35.0 Å². The summed E-state index contributed by atoms with van der Waals surface area (Å²) in [5, 5.41) is 3.58. The van der Waals surface area contributed by atoms with Crippen molar-refractivity contribution in [3.63, 3.8) is 0 Å². The average Bonchev–Trinajstić information content (AvgIpc) is 2.46. The van der Waals surface area contributed by atoms with Crippen molar-refractivity contribution in [2.45, 2.75) is 25.8 Å². The van der Waals surface area contributed by atoms with Crippen LogP contribution in [0.3, 0.4) is 0 Å². The molecule has 1 aromatic heterocycles. The predicted molar refractivity (Wildman–Crippen MR) is 87.5 cm³/mol. The van der Waals surface area contributed by atoms with Crippen molar-refractivity contribution in [1.29, 1.82) is 0 Å². The molecule has 2 aromatic rings. The number of rotatable bonds is 6. The highest BCUT2D eigenvalue weighted by atomic mass is 79.9. The number of hydrogen-bond donors (Lipinski definition) is 2. The van der Waals surface area contributed by atoms with Crippen LogP contribution in [0.4, 0.5) is 5.69 Å². The Kier molecular flexibility index (Phi) is 5.56. The molecule has 0 bridgehead atoms. The van der Waals surface area contributed by atoms with Crippen LogP contribution in [0.15, 0.2) is 47.2 Å². The SMILES string of the molecule is CCCNC(Cc1cnccc1N)c1ccc(Br)cc1. The quantitative estimate of drug-likeness (QED) is 0.847. The van der Waals surface area contributed by atoms with Crippen LogP contribution in [0.1, 0.15) is 30.5 Å². The maximum atomic E-state index is 6.02. The van der Waals surface area contributed by atoms with E-state index in [0.717, 1.165) is 35.1 Å². The van der Waals surface area contributed by atoms with E-state index in [1.54, 1.807) is 6.20 Å². The number of benzene rings is 1. The standard InChI is InChI=1S/C16H20BrN3/c1-2-8-20-16(12-3-5-14(17)6-4-12)10-13-11-19-9-7-15(13)18/h3-7,9,11,16,20H,2,8,10H2,1H3,(H2,18,19). The highest BCUT2D eigenvalue weighted by molar-refractivity contribution is 9.10. The molecular formula is C16H20BrN3. The zero-order valence-electron chi connectivity index (χ0n) is 11.6. The van der Waals surface area contributed by atoms with E-state index in [0.29, 0.717) is 0 Å². The lowest BCUT2D eigenvalue weighted by Crippen LogP contribution is -2.24. The molecule has 3 nitrogen and oxygen atoms in total. The van der Waals surface area contributed by atoms with Crippen LogP contribution in [0.25, 0.3) is 0 Å². The Balaban J connectivity index is 2.19. The second-order valence-electron chi connectivity index (χ2n) is 4.84. The largest absolute Gasteiger partial charge is 0.398 e. The van der Waals surface area contributed by atoms with Gasteiger partial charge in [-0.15, -0.1) is 0 Å². The number of pyridine rings is 1. The lowest BCUT2D eigenvalue weighted by Gasteiger charge is -2.20. The van der Waals surface area contributed by atoms with Crippen LogP contribution in [-0.4, -0.2) is 11.5 Å². The topological polar surface area (TPSA) is 50.9 Å². The minimum absolute atomic E-state index is 0.259. The van der Waals surface area contributed by atoms with Crippen molar-refractivity contribution in [3.8, 4) is 0 Å². The number of halogens is 1. The molecule has 3 N–H and O–H groups in total. The summed E-state index contributed by atoms with van der Waals surface area (Å²) in [4.78, 5) is 4.17. The number of anilines is 1. The summed E-state index contributed by atoms with van der Waals surface area (Å²) in [5.74, 6) is 0. The van der Waals surface area contributed by atoms with Gasteiger partial charge in [0, 0.05) is 28.6 Å². The molecule has 0 aliphatic carbocycles. The molecule has 1 unspecified atom stereocenters. The van der Waals surface area contributed by atoms with Crippen molar-refractivity contribution in [2.24, 2.45) is 0 Å². The fourth-order valence-corrected chi connectivity index (χ4v) is 2.41. The summed E-state index contributed by atoms with van der Waals surface area (Å²) in [6.07, 6.45) is 5.54. The van der Waals surface area contributed by atoms with E-state index in [-0.39, 0.29) is 6.04 Å². The first-order chi connectivity index (χ1) is 9.70. The maximum Gasteiger partial charge on any atom is 0.0378 e. The first-order valence-corrected chi connectivity index (χ1v) is 7.67. The molecule has 4 heteroatoms. The van der Waals surface area contributed by atoms with E-state index in [4.69, 9.17) is 5.73 Å². The third-order valence-corrected chi connectivity index (χ3v) is 3.81. The monoisotopic (exact) mass is 333 g/mol. The second-order valence-corrected chi connectivity index (χ2v) is 5.75. The molecular weight excluding hydrogens is 314 g/mol. The summed E-state index contributed by atoms with van der Waals surface area (Å²) < 4.78 is 1.09. The van der Waals surface area contributed by atoms with E-state index in [2.05, 4.69) is 57.4 Å². The van der Waals surface area contributed by atoms with E-state index in [9.17, 15) is 0 Å². The summed E-state index contributed by atoms with van der Waals surface area (Å²) >= 11 is 3.48. The van der Waals surface area contributed by atoms with E-state index in [1.807, 2.05) is 12.3 Å². The van der Waals surface area contributed by atoms with Crippen LogP contribution in [0.5, 0.6) is 0 Å². The number of aromatic nitrogens is 1. The van der Waals surface area contributed by atoms with Crippen molar-refractivity contribution in [1.82, 2.24) is 10.3 Å². The Morgan fingerprint density at radius 1 is 1.25 bits per heavy atom. The van der Waals surface area contributed by atoms with Crippen LogP contribution in [0, 0.1) is 0 Å². The van der Waals surface area contributed by atoms with Crippen molar-refractivity contribution < 1.29 is 0 Å². The molecule has 1 aromatic carbocycles. The van der Waals surface area contributed by atoms with Gasteiger partial charge in [-0.2, -0.15) is 0 Å². The molecule has 106 valence electrons. The molecule has 0 saturated heterocycles. The maximum absolute atomic E-state index is 6.02. The molecule has 0 amide bonds. The van der Waals surface area contributed by atoms with Crippen molar-refractivity contribution in [2.75, 3.05) is 12.3 Å². The summed E-state index contributed by atoms with van der Waals surface area (Å²) in [7, 11) is 0. The minimum Gasteiger partial charge on any atom is -0.398 e. The molecule has 0 aliphatic heterocycles. The zero-order valence-corrected chi connectivity index (χ0v) is 13.2. The van der Waals surface area contributed by atoms with Gasteiger partial charge in [-0.25, -0.2) is 0 Å². The molecule has 0 aliphatic rings. The second kappa shape index (κ2) is 7.41. The Morgan fingerprint density at radius 3 is 2.65 bits per heavy atom. The van der Waals surface area contributed by atoms with Crippen molar-refractivity contribution in [3.05, 3.63) is 58.3 Å². The van der Waals surface area contributed by atoms with E-state index < -0.39 is 0 Å². The third kappa shape index (κ3) is 4.05. The van der Waals surface area contributed by atoms with Crippen LogP contribution in [0.2, 0.25) is 0 Å². The lowest BCUT2D eigenvalue weighted by molar-refractivity contribution is 0.529. The molecule has 0 spiro atoms. The fraction of sp³-hybridized carbons (Fsp3) is 0.312. The Labute approximate surface area is 128 Å². The molecule has 1 heterocycles. The van der Waals surface area contributed by atoms with Gasteiger partial charge in [-0.05, 0) is 48.7 Å². The normalized spacial score (nSPS) is 12.3. The number of nitrogens with one attached hydrogen (secondary N) is 1.